The molecule has 0 aliphatic rings. The van der Waals surface area contributed by atoms with Crippen LogP contribution in [-0.4, -0.2) is 4.98 Å². The van der Waals surface area contributed by atoms with E-state index < -0.39 is 0 Å². The SMILES string of the molecule is Cc1ncc(SS)s1. The number of hydrogen-bond acceptors (Lipinski definition) is 4. The van der Waals surface area contributed by atoms with Crippen LogP contribution in [-0.2, 0) is 0 Å². The Kier molecular flexibility index (Phi) is 2.22. The minimum Gasteiger partial charge on any atom is -0.249 e. The van der Waals surface area contributed by atoms with Crippen molar-refractivity contribution >= 4 is 33.8 Å². The molecule has 0 saturated carbocycles. The van der Waals surface area contributed by atoms with Crippen LogP contribution >= 0.6 is 33.8 Å². The van der Waals surface area contributed by atoms with E-state index >= 15 is 0 Å². The van der Waals surface area contributed by atoms with E-state index in [9.17, 15) is 0 Å². The van der Waals surface area contributed by atoms with Crippen molar-refractivity contribution in [3.8, 4) is 0 Å². The molecule has 4 heteroatoms. The number of rotatable bonds is 1. The minimum absolute atomic E-state index is 1.10. The van der Waals surface area contributed by atoms with Crippen LogP contribution in [0.4, 0.5) is 0 Å². The average molecular weight is 163 g/mol. The monoisotopic (exact) mass is 163 g/mol. The van der Waals surface area contributed by atoms with Gasteiger partial charge in [0.05, 0.1) is 15.4 Å². The lowest BCUT2D eigenvalue weighted by Gasteiger charge is -1.76. The molecule has 0 radical (unpaired) electrons. The van der Waals surface area contributed by atoms with Crippen molar-refractivity contribution in [2.24, 2.45) is 0 Å². The van der Waals surface area contributed by atoms with E-state index in [1.54, 1.807) is 11.3 Å². The van der Waals surface area contributed by atoms with Crippen molar-refractivity contribution < 1.29 is 0 Å². The highest BCUT2D eigenvalue weighted by Crippen LogP contribution is 2.26. The first-order valence-corrected chi connectivity index (χ1v) is 4.75. The molecule has 0 spiro atoms. The quantitative estimate of drug-likeness (QED) is 0.504. The lowest BCUT2D eigenvalue weighted by molar-refractivity contribution is 1.28. The van der Waals surface area contributed by atoms with Crippen LogP contribution in [0.2, 0.25) is 0 Å². The molecule has 0 unspecified atom stereocenters. The van der Waals surface area contributed by atoms with Crippen LogP contribution in [0.15, 0.2) is 10.4 Å². The maximum atomic E-state index is 4.04. The topological polar surface area (TPSA) is 12.9 Å². The Balaban J connectivity index is 2.84. The van der Waals surface area contributed by atoms with Gasteiger partial charge in [0, 0.05) is 0 Å². The molecule has 0 aliphatic heterocycles. The maximum Gasteiger partial charge on any atom is 0.0906 e. The molecule has 1 aromatic heterocycles. The summed E-state index contributed by atoms with van der Waals surface area (Å²) >= 11 is 5.67. The van der Waals surface area contributed by atoms with Gasteiger partial charge in [-0.1, -0.05) is 0 Å². The van der Waals surface area contributed by atoms with Gasteiger partial charge >= 0.3 is 0 Å². The summed E-state index contributed by atoms with van der Waals surface area (Å²) in [5, 5.41) is 1.10. The zero-order valence-electron chi connectivity index (χ0n) is 4.29. The second kappa shape index (κ2) is 2.75. The third kappa shape index (κ3) is 1.40. The van der Waals surface area contributed by atoms with Crippen molar-refractivity contribution in [2.45, 2.75) is 11.1 Å². The Bertz CT molecular complexity index is 172. The van der Waals surface area contributed by atoms with Gasteiger partial charge in [0.15, 0.2) is 0 Å². The van der Waals surface area contributed by atoms with E-state index in [4.69, 9.17) is 0 Å². The second-order valence-corrected chi connectivity index (χ2v) is 3.95. The molecule has 0 aromatic carbocycles. The fourth-order valence-corrected chi connectivity index (χ4v) is 1.97. The molecule has 1 rings (SSSR count). The predicted octanol–water partition coefficient (Wildman–Crippen LogP) is 2.39. The summed E-state index contributed by atoms with van der Waals surface area (Å²) in [6.07, 6.45) is 1.83. The van der Waals surface area contributed by atoms with Crippen molar-refractivity contribution in [2.75, 3.05) is 0 Å². The molecule has 0 fully saturated rings. The Morgan fingerprint density at radius 1 is 1.88 bits per heavy atom. The van der Waals surface area contributed by atoms with Crippen LogP contribution in [0.1, 0.15) is 5.01 Å². The van der Waals surface area contributed by atoms with Crippen LogP contribution in [0, 0.1) is 6.92 Å². The van der Waals surface area contributed by atoms with Crippen molar-refractivity contribution in [3.63, 3.8) is 0 Å². The van der Waals surface area contributed by atoms with E-state index in [-0.39, 0.29) is 0 Å². The first-order valence-electron chi connectivity index (χ1n) is 2.07. The molecule has 1 nitrogen and oxygen atoms in total. The number of hydrogen-bond donors (Lipinski definition) is 1. The highest BCUT2D eigenvalue weighted by molar-refractivity contribution is 8.69. The smallest absolute Gasteiger partial charge is 0.0906 e. The van der Waals surface area contributed by atoms with Gasteiger partial charge < -0.3 is 0 Å². The summed E-state index contributed by atoms with van der Waals surface area (Å²) in [6.45, 7) is 1.98. The van der Waals surface area contributed by atoms with E-state index in [0.29, 0.717) is 0 Å². The largest absolute Gasteiger partial charge is 0.249 e. The summed E-state index contributed by atoms with van der Waals surface area (Å²) in [4.78, 5) is 4.04. The number of aromatic nitrogens is 1. The molecule has 0 atom stereocenters. The molecule has 0 N–H and O–H groups in total. The molecule has 0 aliphatic carbocycles. The summed E-state index contributed by atoms with van der Waals surface area (Å²) in [5.41, 5.74) is 0. The van der Waals surface area contributed by atoms with Crippen LogP contribution < -0.4 is 0 Å². The van der Waals surface area contributed by atoms with Crippen molar-refractivity contribution in [1.82, 2.24) is 4.98 Å². The lowest BCUT2D eigenvalue weighted by Crippen LogP contribution is -1.57. The van der Waals surface area contributed by atoms with Gasteiger partial charge in [-0.25, -0.2) is 4.98 Å². The number of thiol groups is 1. The fourth-order valence-electron chi connectivity index (χ4n) is 0.384. The van der Waals surface area contributed by atoms with Crippen molar-refractivity contribution in [1.29, 1.82) is 0 Å². The molecule has 1 aromatic rings. The summed E-state index contributed by atoms with van der Waals surface area (Å²) in [6, 6.07) is 0. The third-order valence-electron chi connectivity index (χ3n) is 0.690. The normalized spacial score (nSPS) is 9.75. The second-order valence-electron chi connectivity index (χ2n) is 1.29. The lowest BCUT2D eigenvalue weighted by atomic mass is 10.8. The van der Waals surface area contributed by atoms with E-state index in [2.05, 4.69) is 16.6 Å². The average Bonchev–Trinajstić information content (AvgIpc) is 2.14. The number of aryl methyl sites for hydroxylation is 1. The molecule has 0 saturated heterocycles. The minimum atomic E-state index is 1.10. The molecule has 0 amide bonds. The van der Waals surface area contributed by atoms with E-state index in [1.807, 2.05) is 13.1 Å². The number of nitrogens with zero attached hydrogens (tertiary/aromatic N) is 1. The van der Waals surface area contributed by atoms with Gasteiger partial charge in [0.1, 0.15) is 0 Å². The van der Waals surface area contributed by atoms with E-state index in [1.165, 1.54) is 10.8 Å². The first-order chi connectivity index (χ1) is 3.83. The Morgan fingerprint density at radius 2 is 2.62 bits per heavy atom. The summed E-state index contributed by atoms with van der Waals surface area (Å²) in [7, 11) is 1.44. The van der Waals surface area contributed by atoms with Crippen LogP contribution in [0.25, 0.3) is 0 Å². The standard InChI is InChI=1S/C4H5NS3/c1-3-5-2-4(7-3)8-6/h2,6H,1H3. The van der Waals surface area contributed by atoms with E-state index in [0.717, 1.165) is 9.22 Å². The molecular weight excluding hydrogens is 158 g/mol. The van der Waals surface area contributed by atoms with Crippen LogP contribution in [0.3, 0.4) is 0 Å². The first kappa shape index (κ1) is 6.45. The highest BCUT2D eigenvalue weighted by atomic mass is 33.1. The predicted molar refractivity (Wildman–Crippen MR) is 41.7 cm³/mol. The third-order valence-corrected chi connectivity index (χ3v) is 3.14. The van der Waals surface area contributed by atoms with Gasteiger partial charge in [0.2, 0.25) is 0 Å². The zero-order chi connectivity index (χ0) is 5.98. The molecule has 1 heterocycles. The highest BCUT2D eigenvalue weighted by Gasteiger charge is 1.92. The Morgan fingerprint density at radius 3 is 2.88 bits per heavy atom. The fraction of sp³-hybridized carbons (Fsp3) is 0.250. The van der Waals surface area contributed by atoms with Gasteiger partial charge in [-0.3, -0.25) is 0 Å². The molecule has 0 bridgehead atoms. The summed E-state index contributed by atoms with van der Waals surface area (Å²) in [5.74, 6) is 0. The maximum absolute atomic E-state index is 4.04. The summed E-state index contributed by atoms with van der Waals surface area (Å²) < 4.78 is 1.16. The Labute approximate surface area is 61.3 Å². The molecule has 8 heavy (non-hydrogen) atoms. The van der Waals surface area contributed by atoms with Crippen LogP contribution in [0.5, 0.6) is 0 Å². The Hall–Kier alpha value is 0.330. The molecule has 44 valence electrons. The van der Waals surface area contributed by atoms with Gasteiger partial charge in [-0.2, -0.15) is 0 Å². The molecular formula is C4H5NS3. The van der Waals surface area contributed by atoms with Crippen molar-refractivity contribution in [3.05, 3.63) is 11.2 Å². The zero-order valence-corrected chi connectivity index (χ0v) is 6.82. The van der Waals surface area contributed by atoms with Gasteiger partial charge in [-0.15, -0.1) is 23.0 Å². The number of thiazole rings is 1. The van der Waals surface area contributed by atoms with Gasteiger partial charge in [0.25, 0.3) is 0 Å². The van der Waals surface area contributed by atoms with Gasteiger partial charge in [-0.05, 0) is 17.7 Å².